The lowest BCUT2D eigenvalue weighted by Gasteiger charge is -2.12. The van der Waals surface area contributed by atoms with Crippen LogP contribution in [-0.4, -0.2) is 31.5 Å². The number of hydrogen-bond acceptors (Lipinski definition) is 7. The predicted molar refractivity (Wildman–Crippen MR) is 160 cm³/mol. The van der Waals surface area contributed by atoms with Gasteiger partial charge in [0, 0.05) is 30.6 Å². The van der Waals surface area contributed by atoms with Gasteiger partial charge in [-0.1, -0.05) is 61.3 Å². The largest absolute Gasteiger partial charge is 0.404 e. The van der Waals surface area contributed by atoms with Gasteiger partial charge in [-0.2, -0.15) is 0 Å². The molecule has 2 aromatic rings. The van der Waals surface area contributed by atoms with E-state index in [1.165, 1.54) is 6.20 Å². The third kappa shape index (κ3) is 8.13. The topological polar surface area (TPSA) is 102 Å². The zero-order valence-corrected chi connectivity index (χ0v) is 22.1. The average molecular weight is 504 g/mol. The molecule has 7 heteroatoms. The van der Waals surface area contributed by atoms with Gasteiger partial charge in [-0.15, -0.1) is 0 Å². The van der Waals surface area contributed by atoms with Gasteiger partial charge >= 0.3 is 0 Å². The molecule has 2 aromatic heterocycles. The summed E-state index contributed by atoms with van der Waals surface area (Å²) in [5.74, 6) is 2.32. The Hall–Kier alpha value is -4.78. The second-order valence-corrected chi connectivity index (χ2v) is 8.19. The van der Waals surface area contributed by atoms with Crippen molar-refractivity contribution in [2.24, 2.45) is 15.7 Å². The molecule has 0 radical (unpaired) electrons. The van der Waals surface area contributed by atoms with E-state index in [4.69, 9.17) is 20.7 Å². The molecule has 0 bridgehead atoms. The standard InChI is InChI=1S/C31H33N7/c1-5-8-10-14-29-36-30(23(4)12-9-6-2)38-31(37-29)27-13-11-15-28(35-27)34-26(7-3)25(22-32)17-16-24-18-20-33-21-19-24/h5-10,12-14,16-22H,3,11,15,32H2,1-2,4H3/b8-5-,9-6-,14-10+,17-16+,23-12+,25-22?,34-26?. The van der Waals surface area contributed by atoms with Crippen molar-refractivity contribution >= 4 is 35.0 Å². The summed E-state index contributed by atoms with van der Waals surface area (Å²) >= 11 is 0. The maximum absolute atomic E-state index is 5.93. The molecule has 3 heterocycles. The molecule has 0 fully saturated rings. The summed E-state index contributed by atoms with van der Waals surface area (Å²) in [4.78, 5) is 27.6. The van der Waals surface area contributed by atoms with Crippen molar-refractivity contribution in [1.82, 2.24) is 19.9 Å². The third-order valence-electron chi connectivity index (χ3n) is 5.36. The number of aliphatic imine (C=N–C) groups is 2. The Labute approximate surface area is 224 Å². The minimum Gasteiger partial charge on any atom is -0.404 e. The predicted octanol–water partition coefficient (Wildman–Crippen LogP) is 6.55. The van der Waals surface area contributed by atoms with Crippen LogP contribution in [0, 0.1) is 0 Å². The fraction of sp³-hybridized carbons (Fsp3) is 0.161. The highest BCUT2D eigenvalue weighted by Crippen LogP contribution is 2.22. The van der Waals surface area contributed by atoms with E-state index in [2.05, 4.69) is 21.5 Å². The van der Waals surface area contributed by atoms with E-state index in [0.717, 1.165) is 23.1 Å². The second-order valence-electron chi connectivity index (χ2n) is 8.19. The van der Waals surface area contributed by atoms with Gasteiger partial charge in [0.1, 0.15) is 11.5 Å². The van der Waals surface area contributed by atoms with Crippen LogP contribution in [0.15, 0.2) is 108 Å². The lowest BCUT2D eigenvalue weighted by Crippen LogP contribution is -2.09. The van der Waals surface area contributed by atoms with Crippen LogP contribution in [0.1, 0.15) is 56.6 Å². The van der Waals surface area contributed by atoms with Gasteiger partial charge in [-0.25, -0.2) is 24.9 Å². The first kappa shape index (κ1) is 27.8. The first-order valence-electron chi connectivity index (χ1n) is 12.4. The summed E-state index contributed by atoms with van der Waals surface area (Å²) in [6, 6.07) is 3.83. The number of amidine groups is 1. The highest BCUT2D eigenvalue weighted by molar-refractivity contribution is 6.15. The van der Waals surface area contributed by atoms with E-state index in [1.807, 2.05) is 93.7 Å². The molecule has 1 aliphatic heterocycles. The van der Waals surface area contributed by atoms with Crippen LogP contribution < -0.4 is 5.73 Å². The van der Waals surface area contributed by atoms with E-state index in [0.29, 0.717) is 41.1 Å². The van der Waals surface area contributed by atoms with Gasteiger partial charge in [-0.3, -0.25) is 4.98 Å². The van der Waals surface area contributed by atoms with Crippen LogP contribution in [-0.2, 0) is 0 Å². The number of nitrogens with two attached hydrogens (primary N) is 1. The van der Waals surface area contributed by atoms with Crippen LogP contribution in [0.4, 0.5) is 0 Å². The zero-order chi connectivity index (χ0) is 27.2. The minimum atomic E-state index is 0.503. The van der Waals surface area contributed by atoms with Gasteiger partial charge < -0.3 is 5.73 Å². The van der Waals surface area contributed by atoms with Crippen molar-refractivity contribution in [3.05, 3.63) is 121 Å². The van der Waals surface area contributed by atoms with Crippen molar-refractivity contribution < 1.29 is 0 Å². The second kappa shape index (κ2) is 14.7. The van der Waals surface area contributed by atoms with Crippen molar-refractivity contribution in [2.75, 3.05) is 0 Å². The normalized spacial score (nSPS) is 15.6. The van der Waals surface area contributed by atoms with Crippen molar-refractivity contribution in [1.29, 1.82) is 0 Å². The Kier molecular flexibility index (Phi) is 10.8. The van der Waals surface area contributed by atoms with Gasteiger partial charge in [-0.05, 0) is 62.6 Å². The van der Waals surface area contributed by atoms with E-state index < -0.39 is 0 Å². The van der Waals surface area contributed by atoms with Gasteiger partial charge in [0.2, 0.25) is 0 Å². The SMILES string of the molecule is C=CC(=NC1=NC(c2nc(/C=C/C=C\C)nc(/C(C)=C/C=C\C)n2)=CCC1)C(=CN)/C=C/c1ccncc1. The minimum absolute atomic E-state index is 0.503. The summed E-state index contributed by atoms with van der Waals surface area (Å²) in [6.45, 7) is 9.83. The fourth-order valence-corrected chi connectivity index (χ4v) is 3.38. The van der Waals surface area contributed by atoms with E-state index in [9.17, 15) is 0 Å². The Morgan fingerprint density at radius 1 is 1.03 bits per heavy atom. The van der Waals surface area contributed by atoms with Crippen LogP contribution in [0.5, 0.6) is 0 Å². The Bertz CT molecular complexity index is 1400. The van der Waals surface area contributed by atoms with Gasteiger partial charge in [0.15, 0.2) is 17.5 Å². The van der Waals surface area contributed by atoms with E-state index >= 15 is 0 Å². The summed E-state index contributed by atoms with van der Waals surface area (Å²) < 4.78 is 0. The Morgan fingerprint density at radius 3 is 2.53 bits per heavy atom. The molecule has 38 heavy (non-hydrogen) atoms. The number of hydrogen-bond donors (Lipinski definition) is 1. The van der Waals surface area contributed by atoms with Crippen molar-refractivity contribution in [3.63, 3.8) is 0 Å². The molecule has 0 unspecified atom stereocenters. The van der Waals surface area contributed by atoms with Crippen LogP contribution in [0.3, 0.4) is 0 Å². The molecule has 1 aliphatic rings. The number of nitrogens with zero attached hydrogens (tertiary/aromatic N) is 6. The van der Waals surface area contributed by atoms with Crippen LogP contribution in [0.25, 0.3) is 23.4 Å². The summed E-state index contributed by atoms with van der Waals surface area (Å²) in [6.07, 6.45) is 27.5. The molecule has 0 saturated carbocycles. The molecule has 3 rings (SSSR count). The molecule has 0 spiro atoms. The van der Waals surface area contributed by atoms with E-state index in [1.54, 1.807) is 18.5 Å². The lowest BCUT2D eigenvalue weighted by molar-refractivity contribution is 0.953. The zero-order valence-electron chi connectivity index (χ0n) is 22.1. The molecule has 192 valence electrons. The van der Waals surface area contributed by atoms with Crippen molar-refractivity contribution in [3.8, 4) is 0 Å². The van der Waals surface area contributed by atoms with Crippen LogP contribution in [0.2, 0.25) is 0 Å². The summed E-state index contributed by atoms with van der Waals surface area (Å²) in [5.41, 5.74) is 9.89. The van der Waals surface area contributed by atoms with Gasteiger partial charge in [0.05, 0.1) is 5.71 Å². The summed E-state index contributed by atoms with van der Waals surface area (Å²) in [5, 5.41) is 0. The number of aromatic nitrogens is 4. The quantitative estimate of drug-likeness (QED) is 0.309. The number of rotatable bonds is 9. The first-order valence-corrected chi connectivity index (χ1v) is 12.4. The third-order valence-corrected chi connectivity index (χ3v) is 5.36. The molecule has 0 aromatic carbocycles. The molecule has 0 atom stereocenters. The van der Waals surface area contributed by atoms with Crippen LogP contribution >= 0.6 is 0 Å². The maximum atomic E-state index is 5.93. The number of pyridine rings is 1. The Balaban J connectivity index is 1.97. The fourth-order valence-electron chi connectivity index (χ4n) is 3.38. The van der Waals surface area contributed by atoms with Crippen molar-refractivity contribution in [2.45, 2.75) is 33.6 Å². The van der Waals surface area contributed by atoms with E-state index in [-0.39, 0.29) is 0 Å². The monoisotopic (exact) mass is 503 g/mol. The lowest BCUT2D eigenvalue weighted by atomic mass is 10.1. The highest BCUT2D eigenvalue weighted by atomic mass is 15.1. The van der Waals surface area contributed by atoms with Gasteiger partial charge in [0.25, 0.3) is 0 Å². The molecular weight excluding hydrogens is 470 g/mol. The maximum Gasteiger partial charge on any atom is 0.182 e. The molecule has 0 aliphatic carbocycles. The molecule has 0 saturated heterocycles. The average Bonchev–Trinajstić information content (AvgIpc) is 2.96. The summed E-state index contributed by atoms with van der Waals surface area (Å²) in [7, 11) is 0. The molecule has 7 nitrogen and oxygen atoms in total. The highest BCUT2D eigenvalue weighted by Gasteiger charge is 2.15. The first-order chi connectivity index (χ1) is 18.6. The molecule has 0 amide bonds. The molecule has 2 N–H and O–H groups in total. The molecular formula is C31H33N7. The Morgan fingerprint density at radius 2 is 1.82 bits per heavy atom. The smallest absolute Gasteiger partial charge is 0.182 e. The number of allylic oxidation sites excluding steroid dienone is 11.